The first-order valence-corrected chi connectivity index (χ1v) is 7.21. The maximum atomic E-state index is 14.0. The van der Waals surface area contributed by atoms with Crippen LogP contribution in [0.3, 0.4) is 0 Å². The Labute approximate surface area is 138 Å². The molecule has 3 rings (SSSR count). The van der Waals surface area contributed by atoms with Crippen LogP contribution in [-0.4, -0.2) is 22.2 Å². The fraction of sp³-hybridized carbons (Fsp3) is 0.0667. The van der Waals surface area contributed by atoms with Gasteiger partial charge in [0.2, 0.25) is 0 Å². The second-order valence-corrected chi connectivity index (χ2v) is 5.55. The van der Waals surface area contributed by atoms with Crippen LogP contribution in [0.15, 0.2) is 35.2 Å². The third kappa shape index (κ3) is 2.77. The maximum absolute atomic E-state index is 14.0. The van der Waals surface area contributed by atoms with Gasteiger partial charge in [-0.3, -0.25) is 0 Å². The molecule has 0 aliphatic carbocycles. The number of rotatable bonds is 3. The van der Waals surface area contributed by atoms with Gasteiger partial charge in [-0.15, -0.1) is 0 Å². The van der Waals surface area contributed by atoms with Crippen molar-refractivity contribution in [3.63, 3.8) is 0 Å². The lowest BCUT2D eigenvalue weighted by molar-refractivity contribution is 0.375. The number of aromatic hydroxyl groups is 1. The lowest BCUT2D eigenvalue weighted by Gasteiger charge is -2.15. The number of methoxy groups -OCH3 is 1. The number of benzene rings is 2. The topological polar surface area (TPSA) is 67.3 Å². The van der Waals surface area contributed by atoms with Gasteiger partial charge in [0.1, 0.15) is 23.2 Å². The van der Waals surface area contributed by atoms with Crippen molar-refractivity contribution in [2.24, 2.45) is 0 Å². The molecule has 0 saturated heterocycles. The summed E-state index contributed by atoms with van der Waals surface area (Å²) in [6.45, 7) is 0. The molecule has 0 radical (unpaired) electrons. The second-order valence-electron chi connectivity index (χ2n) is 4.63. The highest BCUT2D eigenvalue weighted by atomic mass is 79.9. The Morgan fingerprint density at radius 1 is 1.17 bits per heavy atom. The number of aromatic nitrogens is 2. The molecule has 0 saturated carbocycles. The van der Waals surface area contributed by atoms with E-state index < -0.39 is 17.3 Å². The quantitative estimate of drug-likeness (QED) is 0.667. The Bertz CT molecular complexity index is 882. The van der Waals surface area contributed by atoms with Crippen LogP contribution in [-0.2, 0) is 0 Å². The Morgan fingerprint density at radius 2 is 1.87 bits per heavy atom. The van der Waals surface area contributed by atoms with E-state index in [1.807, 2.05) is 0 Å². The third-order valence-electron chi connectivity index (χ3n) is 3.21. The van der Waals surface area contributed by atoms with Gasteiger partial charge >= 0.3 is 0 Å². The van der Waals surface area contributed by atoms with Crippen LogP contribution in [0.1, 0.15) is 0 Å². The van der Waals surface area contributed by atoms with Gasteiger partial charge in [-0.05, 0) is 18.2 Å². The average molecular weight is 382 g/mol. The molecule has 2 aromatic carbocycles. The van der Waals surface area contributed by atoms with Crippen molar-refractivity contribution < 1.29 is 18.6 Å². The molecule has 0 bridgehead atoms. The van der Waals surface area contributed by atoms with Crippen LogP contribution in [0.4, 0.5) is 20.2 Å². The molecule has 1 aromatic heterocycles. The van der Waals surface area contributed by atoms with E-state index >= 15 is 0 Å². The summed E-state index contributed by atoms with van der Waals surface area (Å²) < 4.78 is 33.4. The molecule has 8 heteroatoms. The fourth-order valence-electron chi connectivity index (χ4n) is 2.16. The van der Waals surface area contributed by atoms with E-state index in [0.29, 0.717) is 10.9 Å². The number of nitrogens with zero attached hydrogens (tertiary/aromatic N) is 2. The molecular weight excluding hydrogens is 372 g/mol. The van der Waals surface area contributed by atoms with Crippen LogP contribution in [0.5, 0.6) is 11.5 Å². The van der Waals surface area contributed by atoms with Crippen LogP contribution in [0, 0.1) is 11.6 Å². The van der Waals surface area contributed by atoms with E-state index in [2.05, 4.69) is 31.2 Å². The van der Waals surface area contributed by atoms with Gasteiger partial charge in [0.15, 0.2) is 23.1 Å². The smallest absolute Gasteiger partial charge is 0.184 e. The minimum Gasteiger partial charge on any atom is -0.503 e. The molecule has 23 heavy (non-hydrogen) atoms. The molecule has 0 spiro atoms. The summed E-state index contributed by atoms with van der Waals surface area (Å²) in [5.41, 5.74) is -0.0708. The number of hydrogen-bond acceptors (Lipinski definition) is 5. The van der Waals surface area contributed by atoms with Gasteiger partial charge in [0, 0.05) is 16.1 Å². The van der Waals surface area contributed by atoms with E-state index in [0.717, 1.165) is 12.1 Å². The summed E-state index contributed by atoms with van der Waals surface area (Å²) in [7, 11) is 1.37. The zero-order valence-electron chi connectivity index (χ0n) is 11.8. The van der Waals surface area contributed by atoms with Gasteiger partial charge in [-0.1, -0.05) is 15.9 Å². The minimum absolute atomic E-state index is 0.0295. The molecule has 0 aliphatic heterocycles. The molecule has 0 aliphatic rings. The minimum atomic E-state index is -0.818. The molecule has 118 valence electrons. The van der Waals surface area contributed by atoms with E-state index in [4.69, 9.17) is 4.74 Å². The molecule has 5 nitrogen and oxygen atoms in total. The van der Waals surface area contributed by atoms with Crippen molar-refractivity contribution in [2.45, 2.75) is 0 Å². The predicted molar refractivity (Wildman–Crippen MR) is 85.1 cm³/mol. The van der Waals surface area contributed by atoms with Gasteiger partial charge < -0.3 is 15.2 Å². The van der Waals surface area contributed by atoms with E-state index in [1.54, 1.807) is 0 Å². The number of fused-ring (bicyclic) bond motifs is 1. The highest BCUT2D eigenvalue weighted by molar-refractivity contribution is 9.10. The first-order valence-electron chi connectivity index (χ1n) is 6.42. The number of hydrogen-bond donors (Lipinski definition) is 2. The van der Waals surface area contributed by atoms with Crippen molar-refractivity contribution in [3.05, 3.63) is 46.8 Å². The summed E-state index contributed by atoms with van der Waals surface area (Å²) >= 11 is 3.01. The van der Waals surface area contributed by atoms with Crippen molar-refractivity contribution in [1.82, 2.24) is 9.97 Å². The van der Waals surface area contributed by atoms with Crippen LogP contribution >= 0.6 is 15.9 Å². The van der Waals surface area contributed by atoms with Crippen LogP contribution < -0.4 is 10.1 Å². The SMILES string of the molecule is COc1cc2cncnc2c(Nc2c(F)cc(Br)cc2F)c1O. The standard InChI is InChI=1S/C15H10BrF2N3O2/c1-23-11-2-7-5-19-6-20-12(7)14(15(11)22)21-13-9(17)3-8(16)4-10(13)18/h2-6,21-22H,1H3. The Kier molecular flexibility index (Phi) is 3.99. The number of anilines is 2. The van der Waals surface area contributed by atoms with Crippen LogP contribution in [0.25, 0.3) is 10.9 Å². The number of phenolic OH excluding ortho intramolecular Hbond substituents is 1. The lowest BCUT2D eigenvalue weighted by Crippen LogP contribution is -2.01. The molecular formula is C15H10BrF2N3O2. The Hall–Kier alpha value is -2.48. The Balaban J connectivity index is 2.22. The molecule has 0 unspecified atom stereocenters. The monoisotopic (exact) mass is 381 g/mol. The highest BCUT2D eigenvalue weighted by Gasteiger charge is 2.18. The number of nitrogens with one attached hydrogen (secondary N) is 1. The largest absolute Gasteiger partial charge is 0.503 e. The second kappa shape index (κ2) is 5.96. The van der Waals surface area contributed by atoms with E-state index in [-0.39, 0.29) is 21.7 Å². The summed E-state index contributed by atoms with van der Waals surface area (Å²) in [6, 6.07) is 3.75. The number of phenols is 1. The van der Waals surface area contributed by atoms with Crippen molar-refractivity contribution in [1.29, 1.82) is 0 Å². The van der Waals surface area contributed by atoms with Gasteiger partial charge in [-0.2, -0.15) is 0 Å². The molecule has 0 amide bonds. The number of ether oxygens (including phenoxy) is 1. The molecule has 1 heterocycles. The van der Waals surface area contributed by atoms with Crippen molar-refractivity contribution >= 4 is 38.2 Å². The Morgan fingerprint density at radius 3 is 2.52 bits per heavy atom. The molecule has 3 aromatic rings. The molecule has 2 N–H and O–H groups in total. The van der Waals surface area contributed by atoms with Crippen molar-refractivity contribution in [3.8, 4) is 11.5 Å². The number of halogens is 3. The van der Waals surface area contributed by atoms with E-state index in [1.165, 1.54) is 25.7 Å². The highest BCUT2D eigenvalue weighted by Crippen LogP contribution is 2.42. The fourth-order valence-corrected chi connectivity index (χ4v) is 2.56. The summed E-state index contributed by atoms with van der Waals surface area (Å²) in [5, 5.41) is 13.4. The molecule has 0 fully saturated rings. The van der Waals surface area contributed by atoms with E-state index in [9.17, 15) is 13.9 Å². The van der Waals surface area contributed by atoms with Gasteiger partial charge in [0.05, 0.1) is 7.11 Å². The molecule has 0 atom stereocenters. The third-order valence-corrected chi connectivity index (χ3v) is 3.67. The zero-order chi connectivity index (χ0) is 16.6. The van der Waals surface area contributed by atoms with Gasteiger partial charge in [0.25, 0.3) is 0 Å². The maximum Gasteiger partial charge on any atom is 0.184 e. The van der Waals surface area contributed by atoms with Crippen molar-refractivity contribution in [2.75, 3.05) is 12.4 Å². The average Bonchev–Trinajstić information content (AvgIpc) is 2.52. The lowest BCUT2D eigenvalue weighted by atomic mass is 10.1. The van der Waals surface area contributed by atoms with Gasteiger partial charge in [-0.25, -0.2) is 18.7 Å². The first kappa shape index (κ1) is 15.4. The predicted octanol–water partition coefficient (Wildman–Crippen LogP) is 4.13. The summed E-state index contributed by atoms with van der Waals surface area (Å²) in [6.07, 6.45) is 2.78. The van der Waals surface area contributed by atoms with Crippen LogP contribution in [0.2, 0.25) is 0 Å². The zero-order valence-corrected chi connectivity index (χ0v) is 13.4. The normalized spacial score (nSPS) is 10.8. The first-order chi connectivity index (χ1) is 11.0. The summed E-state index contributed by atoms with van der Waals surface area (Å²) in [5.74, 6) is -1.81. The summed E-state index contributed by atoms with van der Waals surface area (Å²) in [4.78, 5) is 7.93.